The molecule has 2 aromatic carbocycles. The second-order valence-electron chi connectivity index (χ2n) is 5.64. The molecule has 0 bridgehead atoms. The van der Waals surface area contributed by atoms with E-state index >= 15 is 0 Å². The first-order valence-electron chi connectivity index (χ1n) is 7.87. The topological polar surface area (TPSA) is 78.1 Å². The third-order valence-electron chi connectivity index (χ3n) is 3.73. The van der Waals surface area contributed by atoms with Gasteiger partial charge in [0.2, 0.25) is 5.89 Å². The molecule has 2 aromatic heterocycles. The summed E-state index contributed by atoms with van der Waals surface area (Å²) in [5, 5.41) is 0.961. The van der Waals surface area contributed by atoms with Crippen molar-refractivity contribution < 1.29 is 13.9 Å². The Morgan fingerprint density at radius 3 is 2.63 bits per heavy atom. The lowest BCUT2D eigenvalue weighted by Crippen LogP contribution is -2.06. The Kier molecular flexibility index (Phi) is 4.75. The molecule has 0 radical (unpaired) electrons. The van der Waals surface area contributed by atoms with Crippen LogP contribution in [0.1, 0.15) is 16.1 Å². The number of oxazole rings is 1. The number of benzene rings is 2. The van der Waals surface area contributed by atoms with Gasteiger partial charge in [-0.25, -0.2) is 19.7 Å². The van der Waals surface area contributed by atoms with Gasteiger partial charge in [-0.1, -0.05) is 23.2 Å². The lowest BCUT2D eigenvalue weighted by molar-refractivity contribution is 0.0467. The van der Waals surface area contributed by atoms with E-state index < -0.39 is 5.97 Å². The largest absolute Gasteiger partial charge is 0.456 e. The molecule has 4 rings (SSSR count). The van der Waals surface area contributed by atoms with Gasteiger partial charge in [-0.15, -0.1) is 0 Å². The number of nitrogens with zero attached hydrogens (tertiary/aromatic N) is 3. The van der Waals surface area contributed by atoms with E-state index in [1.807, 2.05) is 0 Å². The van der Waals surface area contributed by atoms with Crippen LogP contribution in [0, 0.1) is 0 Å². The maximum Gasteiger partial charge on any atom is 0.338 e. The highest BCUT2D eigenvalue weighted by atomic mass is 35.5. The van der Waals surface area contributed by atoms with Gasteiger partial charge in [0.05, 0.1) is 11.3 Å². The summed E-state index contributed by atoms with van der Waals surface area (Å²) in [6.45, 7) is 0.0576. The minimum Gasteiger partial charge on any atom is -0.456 e. The van der Waals surface area contributed by atoms with Crippen LogP contribution < -0.4 is 0 Å². The Bertz CT molecular complexity index is 1110. The highest BCUT2D eigenvalue weighted by molar-refractivity contribution is 6.35. The zero-order valence-corrected chi connectivity index (χ0v) is 15.2. The molecule has 27 heavy (non-hydrogen) atoms. The molecule has 0 N–H and O–H groups in total. The first-order chi connectivity index (χ1) is 13.1. The summed E-state index contributed by atoms with van der Waals surface area (Å²) in [6, 6.07) is 11.6. The van der Waals surface area contributed by atoms with Gasteiger partial charge in [-0.3, -0.25) is 0 Å². The maximum absolute atomic E-state index is 12.3. The van der Waals surface area contributed by atoms with E-state index in [0.717, 1.165) is 0 Å². The summed E-state index contributed by atoms with van der Waals surface area (Å²) in [4.78, 5) is 24.5. The van der Waals surface area contributed by atoms with Crippen LogP contribution in [0.4, 0.5) is 0 Å². The number of carbonyl (C=O) groups is 1. The number of esters is 1. The molecule has 0 amide bonds. The number of aromatic nitrogens is 3. The Morgan fingerprint density at radius 1 is 1.07 bits per heavy atom. The van der Waals surface area contributed by atoms with Crippen molar-refractivity contribution in [3.8, 4) is 11.5 Å². The molecule has 0 saturated heterocycles. The lowest BCUT2D eigenvalue weighted by Gasteiger charge is -2.03. The maximum atomic E-state index is 12.3. The molecular weight excluding hydrogens is 389 g/mol. The molecule has 4 aromatic rings. The van der Waals surface area contributed by atoms with E-state index in [4.69, 9.17) is 32.4 Å². The fourth-order valence-electron chi connectivity index (χ4n) is 2.48. The minimum absolute atomic E-state index is 0.0576. The first-order valence-corrected chi connectivity index (χ1v) is 8.63. The molecule has 6 nitrogen and oxygen atoms in total. The Labute approximate surface area is 163 Å². The van der Waals surface area contributed by atoms with Crippen molar-refractivity contribution in [3.05, 3.63) is 76.3 Å². The highest BCUT2D eigenvalue weighted by Crippen LogP contribution is 2.29. The number of hydrogen-bond donors (Lipinski definition) is 0. The zero-order valence-electron chi connectivity index (χ0n) is 13.7. The van der Waals surface area contributed by atoms with Crippen molar-refractivity contribution in [2.75, 3.05) is 0 Å². The summed E-state index contributed by atoms with van der Waals surface area (Å²) in [6.07, 6.45) is 2.98. The molecule has 0 saturated carbocycles. The zero-order chi connectivity index (χ0) is 18.8. The lowest BCUT2D eigenvalue weighted by atomic mass is 10.2. The van der Waals surface area contributed by atoms with Crippen LogP contribution >= 0.6 is 23.2 Å². The molecule has 8 heteroatoms. The van der Waals surface area contributed by atoms with E-state index in [9.17, 15) is 4.79 Å². The average molecular weight is 400 g/mol. The highest BCUT2D eigenvalue weighted by Gasteiger charge is 2.14. The Balaban J connectivity index is 1.58. The summed E-state index contributed by atoms with van der Waals surface area (Å²) < 4.78 is 11.0. The Hall–Kier alpha value is -2.96. The quantitative estimate of drug-likeness (QED) is 0.451. The first kappa shape index (κ1) is 17.5. The molecular formula is C19H11Cl2N3O3. The van der Waals surface area contributed by atoms with Crippen LogP contribution in [0.2, 0.25) is 10.0 Å². The number of ether oxygens (including phenoxy) is 1. The molecule has 0 unspecified atom stereocenters. The summed E-state index contributed by atoms with van der Waals surface area (Å²) in [5.41, 5.74) is 2.67. The molecule has 0 aliphatic heterocycles. The normalized spacial score (nSPS) is 10.9. The second kappa shape index (κ2) is 7.34. The van der Waals surface area contributed by atoms with Gasteiger partial charge < -0.3 is 9.15 Å². The predicted molar refractivity (Wildman–Crippen MR) is 101 cm³/mol. The van der Waals surface area contributed by atoms with Gasteiger partial charge in [0.15, 0.2) is 5.58 Å². The summed E-state index contributed by atoms with van der Waals surface area (Å²) in [7, 11) is 0. The van der Waals surface area contributed by atoms with Crippen LogP contribution in [0.25, 0.3) is 22.6 Å². The van der Waals surface area contributed by atoms with Crippen LogP contribution in [-0.4, -0.2) is 20.9 Å². The van der Waals surface area contributed by atoms with Gasteiger partial charge in [0.1, 0.15) is 18.5 Å². The summed E-state index contributed by atoms with van der Waals surface area (Å²) >= 11 is 12.1. The van der Waals surface area contributed by atoms with E-state index in [-0.39, 0.29) is 6.61 Å². The second-order valence-corrected chi connectivity index (χ2v) is 6.51. The van der Waals surface area contributed by atoms with E-state index in [1.165, 1.54) is 6.33 Å². The molecule has 0 aliphatic carbocycles. The molecule has 0 fully saturated rings. The van der Waals surface area contributed by atoms with Gasteiger partial charge in [0.25, 0.3) is 0 Å². The molecule has 0 aliphatic rings. The van der Waals surface area contributed by atoms with Gasteiger partial charge in [-0.05, 0) is 42.5 Å². The van der Waals surface area contributed by atoms with Crippen molar-refractivity contribution >= 4 is 40.3 Å². The van der Waals surface area contributed by atoms with Crippen LogP contribution in [0.15, 0.2) is 59.4 Å². The van der Waals surface area contributed by atoms with Gasteiger partial charge >= 0.3 is 5.97 Å². The van der Waals surface area contributed by atoms with Crippen molar-refractivity contribution in [1.29, 1.82) is 0 Å². The number of rotatable bonds is 4. The standard InChI is InChI=1S/C19H11Cl2N3O3/c20-13-5-12(6-14(21)8-13)18-24-16-2-1-11(7-17(16)27-18)19(25)26-9-15-3-4-22-10-23-15/h1-8,10H,9H2. The molecule has 0 atom stereocenters. The third-order valence-corrected chi connectivity index (χ3v) is 4.16. The van der Waals surface area contributed by atoms with E-state index in [0.29, 0.717) is 43.9 Å². The van der Waals surface area contributed by atoms with Crippen molar-refractivity contribution in [3.63, 3.8) is 0 Å². The number of fused-ring (bicyclic) bond motifs is 1. The van der Waals surface area contributed by atoms with Crippen molar-refractivity contribution in [2.24, 2.45) is 0 Å². The SMILES string of the molecule is O=C(OCc1ccncn1)c1ccc2nc(-c3cc(Cl)cc(Cl)c3)oc2c1. The van der Waals surface area contributed by atoms with Gasteiger partial charge in [0, 0.05) is 21.8 Å². The third kappa shape index (κ3) is 3.92. The van der Waals surface area contributed by atoms with Gasteiger partial charge in [-0.2, -0.15) is 0 Å². The van der Waals surface area contributed by atoms with Crippen LogP contribution in [0.5, 0.6) is 0 Å². The molecule has 2 heterocycles. The fourth-order valence-corrected chi connectivity index (χ4v) is 3.00. The predicted octanol–water partition coefficient (Wildman–Crippen LogP) is 4.95. The average Bonchev–Trinajstić information content (AvgIpc) is 3.09. The number of halogens is 2. The molecule has 134 valence electrons. The smallest absolute Gasteiger partial charge is 0.338 e. The number of hydrogen-bond acceptors (Lipinski definition) is 6. The minimum atomic E-state index is -0.487. The van der Waals surface area contributed by atoms with Crippen molar-refractivity contribution in [2.45, 2.75) is 6.61 Å². The Morgan fingerprint density at radius 2 is 1.89 bits per heavy atom. The van der Waals surface area contributed by atoms with E-state index in [1.54, 1.807) is 48.7 Å². The number of carbonyl (C=O) groups excluding carboxylic acids is 1. The van der Waals surface area contributed by atoms with Crippen LogP contribution in [0.3, 0.4) is 0 Å². The fraction of sp³-hybridized carbons (Fsp3) is 0.0526. The molecule has 0 spiro atoms. The van der Waals surface area contributed by atoms with Crippen LogP contribution in [-0.2, 0) is 11.3 Å². The van der Waals surface area contributed by atoms with E-state index in [2.05, 4.69) is 15.0 Å². The summed E-state index contributed by atoms with van der Waals surface area (Å²) in [5.74, 6) is -0.125. The van der Waals surface area contributed by atoms with Crippen molar-refractivity contribution in [1.82, 2.24) is 15.0 Å². The monoisotopic (exact) mass is 399 g/mol.